The summed E-state index contributed by atoms with van der Waals surface area (Å²) in [4.78, 5) is 2.49. The molecule has 0 spiro atoms. The predicted molar refractivity (Wildman–Crippen MR) is 280 cm³/mol. The minimum Gasteiger partial charge on any atom is -0.310 e. The number of benzene rings is 10. The largest absolute Gasteiger partial charge is 0.310 e. The van der Waals surface area contributed by atoms with Crippen LogP contribution in [0.1, 0.15) is 47.2 Å². The van der Waals surface area contributed by atoms with Crippen LogP contribution in [-0.2, 0) is 10.8 Å². The zero-order valence-corrected chi connectivity index (χ0v) is 37.7. The van der Waals surface area contributed by atoms with Crippen molar-refractivity contribution in [1.29, 1.82) is 0 Å². The molecule has 0 amide bonds. The van der Waals surface area contributed by atoms with Gasteiger partial charge in [-0.05, 0) is 126 Å². The first kappa shape index (κ1) is 38.7. The normalized spacial score (nSPS) is 13.8. The Morgan fingerprint density at radius 3 is 1.55 bits per heavy atom. The van der Waals surface area contributed by atoms with Gasteiger partial charge in [-0.15, -0.1) is 11.3 Å². The monoisotopic (exact) mass is 859 g/mol. The summed E-state index contributed by atoms with van der Waals surface area (Å²) in [5, 5.41) is 2.68. The van der Waals surface area contributed by atoms with Gasteiger partial charge in [0.05, 0.1) is 5.41 Å². The molecule has 0 radical (unpaired) electrons. The molecule has 10 aromatic carbocycles. The summed E-state index contributed by atoms with van der Waals surface area (Å²) in [6.45, 7) is 4.85. The molecule has 13 rings (SSSR count). The molecule has 1 aromatic heterocycles. The highest BCUT2D eigenvalue weighted by Crippen LogP contribution is 2.59. The average molecular weight is 860 g/mol. The maximum Gasteiger partial charge on any atom is 0.0714 e. The summed E-state index contributed by atoms with van der Waals surface area (Å²) in [6.07, 6.45) is 0. The third kappa shape index (κ3) is 5.65. The molecule has 11 aromatic rings. The van der Waals surface area contributed by atoms with Gasteiger partial charge in [-0.1, -0.05) is 202 Å². The number of nitrogens with zero attached hydrogens (tertiary/aromatic N) is 1. The van der Waals surface area contributed by atoms with Crippen molar-refractivity contribution in [2.24, 2.45) is 0 Å². The van der Waals surface area contributed by atoms with Crippen molar-refractivity contribution < 1.29 is 0 Å². The third-order valence-electron chi connectivity index (χ3n) is 14.5. The quantitative estimate of drug-likeness (QED) is 0.154. The maximum absolute atomic E-state index is 2.51. The van der Waals surface area contributed by atoms with E-state index >= 15 is 0 Å². The number of thiophene rings is 1. The SMILES string of the molecule is CC1(C)c2cc(N(c3ccc(-c4ccccc4)cc3)c3ccc4c(c3)C(c3ccccc3)(c3ccccc3)c3ccccc3-4)ccc2-c2c1cc1sc3ccccc3c1c2-c1ccccc1. The molecule has 0 bridgehead atoms. The lowest BCUT2D eigenvalue weighted by Crippen LogP contribution is -2.28. The Kier molecular flexibility index (Phi) is 8.72. The second kappa shape index (κ2) is 14.9. The van der Waals surface area contributed by atoms with Gasteiger partial charge in [-0.3, -0.25) is 0 Å². The molecule has 1 heterocycles. The Hall–Kier alpha value is -7.78. The van der Waals surface area contributed by atoms with Crippen molar-refractivity contribution >= 4 is 48.6 Å². The zero-order valence-electron chi connectivity index (χ0n) is 36.9. The predicted octanol–water partition coefficient (Wildman–Crippen LogP) is 17.5. The minimum atomic E-state index is -0.514. The summed E-state index contributed by atoms with van der Waals surface area (Å²) < 4.78 is 2.67. The van der Waals surface area contributed by atoms with Crippen molar-refractivity contribution in [2.75, 3.05) is 4.90 Å². The van der Waals surface area contributed by atoms with Crippen molar-refractivity contribution in [3.63, 3.8) is 0 Å². The summed E-state index contributed by atoms with van der Waals surface area (Å²) in [6, 6.07) is 88.1. The van der Waals surface area contributed by atoms with Crippen LogP contribution in [0.4, 0.5) is 17.1 Å². The van der Waals surface area contributed by atoms with Gasteiger partial charge in [0, 0.05) is 42.6 Å². The molecular formula is C64H45NS. The lowest BCUT2D eigenvalue weighted by Gasteiger charge is -2.35. The molecule has 0 fully saturated rings. The van der Waals surface area contributed by atoms with E-state index in [1.165, 1.54) is 98.1 Å². The molecule has 1 nitrogen and oxygen atoms in total. The lowest BCUT2D eigenvalue weighted by molar-refractivity contribution is 0.661. The smallest absolute Gasteiger partial charge is 0.0714 e. The number of hydrogen-bond donors (Lipinski definition) is 0. The molecule has 0 atom stereocenters. The highest BCUT2D eigenvalue weighted by molar-refractivity contribution is 7.26. The van der Waals surface area contributed by atoms with Crippen LogP contribution >= 0.6 is 11.3 Å². The van der Waals surface area contributed by atoms with Crippen molar-refractivity contribution in [1.82, 2.24) is 0 Å². The van der Waals surface area contributed by atoms with E-state index in [0.29, 0.717) is 0 Å². The van der Waals surface area contributed by atoms with E-state index in [0.717, 1.165) is 17.1 Å². The van der Waals surface area contributed by atoms with E-state index in [4.69, 9.17) is 0 Å². The third-order valence-corrected chi connectivity index (χ3v) is 15.7. The van der Waals surface area contributed by atoms with E-state index < -0.39 is 5.41 Å². The second-order valence-electron chi connectivity index (χ2n) is 18.4. The average Bonchev–Trinajstić information content (AvgIpc) is 3.98. The number of anilines is 3. The summed E-state index contributed by atoms with van der Waals surface area (Å²) in [5.74, 6) is 0. The van der Waals surface area contributed by atoms with Gasteiger partial charge < -0.3 is 4.90 Å². The van der Waals surface area contributed by atoms with Crippen LogP contribution in [0.25, 0.3) is 64.7 Å². The van der Waals surface area contributed by atoms with E-state index in [-0.39, 0.29) is 5.41 Å². The fourth-order valence-electron chi connectivity index (χ4n) is 11.6. The molecule has 0 saturated heterocycles. The van der Waals surface area contributed by atoms with Crippen molar-refractivity contribution in [2.45, 2.75) is 24.7 Å². The van der Waals surface area contributed by atoms with Crippen LogP contribution < -0.4 is 4.90 Å². The van der Waals surface area contributed by atoms with Gasteiger partial charge in [-0.25, -0.2) is 0 Å². The van der Waals surface area contributed by atoms with Crippen LogP contribution in [0.5, 0.6) is 0 Å². The van der Waals surface area contributed by atoms with E-state index in [2.05, 4.69) is 255 Å². The van der Waals surface area contributed by atoms with Gasteiger partial charge >= 0.3 is 0 Å². The molecule has 2 aliphatic rings. The van der Waals surface area contributed by atoms with Crippen LogP contribution in [0.3, 0.4) is 0 Å². The standard InChI is InChI=1S/C64H45NS/c1-63(2)55-39-48(36-38-52(55)61-57(63)41-59-62(53-28-16-18-30-58(53)66-59)60(61)44-21-9-4-10-22-44)65(47-33-31-43(32-34-47)42-19-7-3-8-20-42)49-35-37-51-50-27-15-17-29-54(50)64(56(51)40-49,45-23-11-5-12-24-45)46-25-13-6-14-26-46/h3-41H,1-2H3. The molecule has 66 heavy (non-hydrogen) atoms. The first-order valence-corrected chi connectivity index (χ1v) is 23.8. The van der Waals surface area contributed by atoms with Gasteiger partial charge in [-0.2, -0.15) is 0 Å². The first-order valence-electron chi connectivity index (χ1n) is 23.0. The fraction of sp³-hybridized carbons (Fsp3) is 0.0625. The first-order chi connectivity index (χ1) is 32.5. The molecule has 0 saturated carbocycles. The minimum absolute atomic E-state index is 0.257. The molecule has 0 unspecified atom stereocenters. The molecule has 0 N–H and O–H groups in total. The Morgan fingerprint density at radius 1 is 0.348 bits per heavy atom. The van der Waals surface area contributed by atoms with Crippen molar-refractivity contribution in [3.8, 4) is 44.5 Å². The van der Waals surface area contributed by atoms with Crippen LogP contribution in [0.2, 0.25) is 0 Å². The topological polar surface area (TPSA) is 3.24 Å². The molecular weight excluding hydrogens is 815 g/mol. The number of fused-ring (bicyclic) bond motifs is 9. The van der Waals surface area contributed by atoms with Gasteiger partial charge in [0.25, 0.3) is 0 Å². The summed E-state index contributed by atoms with van der Waals surface area (Å²) in [7, 11) is 0. The van der Waals surface area contributed by atoms with E-state index in [1.807, 2.05) is 11.3 Å². The van der Waals surface area contributed by atoms with E-state index in [9.17, 15) is 0 Å². The summed E-state index contributed by atoms with van der Waals surface area (Å²) in [5.41, 5.74) is 20.7. The highest BCUT2D eigenvalue weighted by atomic mass is 32.1. The van der Waals surface area contributed by atoms with Gasteiger partial charge in [0.15, 0.2) is 0 Å². The lowest BCUT2D eigenvalue weighted by atomic mass is 9.67. The van der Waals surface area contributed by atoms with Gasteiger partial charge in [0.2, 0.25) is 0 Å². The number of rotatable bonds is 7. The van der Waals surface area contributed by atoms with Crippen molar-refractivity contribution in [3.05, 3.63) is 270 Å². The zero-order chi connectivity index (χ0) is 44.0. The fourth-order valence-corrected chi connectivity index (χ4v) is 12.7. The Morgan fingerprint density at radius 2 is 0.864 bits per heavy atom. The number of hydrogen-bond acceptors (Lipinski definition) is 2. The van der Waals surface area contributed by atoms with E-state index in [1.54, 1.807) is 0 Å². The highest BCUT2D eigenvalue weighted by Gasteiger charge is 2.46. The molecule has 2 aliphatic carbocycles. The maximum atomic E-state index is 2.51. The van der Waals surface area contributed by atoms with Gasteiger partial charge in [0.1, 0.15) is 0 Å². The Balaban J connectivity index is 1.05. The molecule has 0 aliphatic heterocycles. The molecule has 2 heteroatoms. The Labute approximate surface area is 390 Å². The van der Waals surface area contributed by atoms with Crippen LogP contribution in [0.15, 0.2) is 237 Å². The van der Waals surface area contributed by atoms with Crippen LogP contribution in [-0.4, -0.2) is 0 Å². The second-order valence-corrected chi connectivity index (χ2v) is 19.5. The summed E-state index contributed by atoms with van der Waals surface area (Å²) >= 11 is 1.91. The molecule has 312 valence electrons. The Bertz CT molecular complexity index is 3600. The van der Waals surface area contributed by atoms with Crippen LogP contribution in [0, 0.1) is 0 Å².